The summed E-state index contributed by atoms with van der Waals surface area (Å²) in [6, 6.07) is 10.9. The van der Waals surface area contributed by atoms with Crippen molar-refractivity contribution in [1.82, 2.24) is 10.6 Å². The normalized spacial score (nSPS) is 10.1. The Balaban J connectivity index is 1.51. The van der Waals surface area contributed by atoms with E-state index in [0.717, 1.165) is 11.5 Å². The maximum atomic E-state index is 11.7. The fourth-order valence-electron chi connectivity index (χ4n) is 2.07. The molecule has 0 aliphatic heterocycles. The van der Waals surface area contributed by atoms with E-state index < -0.39 is 0 Å². The van der Waals surface area contributed by atoms with Crippen LogP contribution in [0.5, 0.6) is 11.5 Å². The molecule has 0 fully saturated rings. The number of carbonyl (C=O) groups is 2. The van der Waals surface area contributed by atoms with Crippen molar-refractivity contribution in [3.8, 4) is 11.5 Å². The molecule has 0 bridgehead atoms. The van der Waals surface area contributed by atoms with E-state index in [-0.39, 0.29) is 11.8 Å². The Labute approximate surface area is 151 Å². The largest absolute Gasteiger partial charge is 0.497 e. The molecule has 0 saturated heterocycles. The molecule has 2 rings (SSSR count). The van der Waals surface area contributed by atoms with Crippen molar-refractivity contribution in [2.75, 3.05) is 26.8 Å². The minimum Gasteiger partial charge on any atom is -0.497 e. The number of rotatable bonds is 10. The zero-order chi connectivity index (χ0) is 17.9. The number of thiophene rings is 1. The van der Waals surface area contributed by atoms with Crippen LogP contribution in [0.3, 0.4) is 0 Å². The lowest BCUT2D eigenvalue weighted by Gasteiger charge is -2.08. The summed E-state index contributed by atoms with van der Waals surface area (Å²) < 4.78 is 10.6. The van der Waals surface area contributed by atoms with E-state index in [1.165, 1.54) is 11.3 Å². The standard InChI is InChI=1S/C18H22N2O4S/c1-23-14-6-8-15(9-7-14)24-12-11-19-17(21)5-2-10-20-18(22)16-4-3-13-25-16/h3-4,6-9,13H,2,5,10-12H2,1H3,(H,19,21)(H,20,22). The second kappa shape index (κ2) is 10.4. The zero-order valence-electron chi connectivity index (χ0n) is 14.1. The monoisotopic (exact) mass is 362 g/mol. The van der Waals surface area contributed by atoms with Gasteiger partial charge in [0.1, 0.15) is 18.1 Å². The summed E-state index contributed by atoms with van der Waals surface area (Å²) in [5.41, 5.74) is 0. The highest BCUT2D eigenvalue weighted by molar-refractivity contribution is 7.12. The Bertz CT molecular complexity index is 656. The van der Waals surface area contributed by atoms with Gasteiger partial charge in [-0.3, -0.25) is 9.59 Å². The van der Waals surface area contributed by atoms with E-state index in [2.05, 4.69) is 10.6 Å². The molecule has 6 nitrogen and oxygen atoms in total. The summed E-state index contributed by atoms with van der Waals surface area (Å²) in [4.78, 5) is 24.1. The summed E-state index contributed by atoms with van der Waals surface area (Å²) in [6.45, 7) is 1.31. The van der Waals surface area contributed by atoms with E-state index in [1.807, 2.05) is 35.7 Å². The number of nitrogens with one attached hydrogen (secondary N) is 2. The molecule has 1 aromatic carbocycles. The van der Waals surface area contributed by atoms with Gasteiger partial charge in [-0.05, 0) is 42.1 Å². The molecule has 0 saturated carbocycles. The van der Waals surface area contributed by atoms with Crippen molar-refractivity contribution in [3.63, 3.8) is 0 Å². The molecular formula is C18H22N2O4S. The molecule has 0 spiro atoms. The Kier molecular flexibility index (Phi) is 7.78. The highest BCUT2D eigenvalue weighted by Crippen LogP contribution is 2.16. The molecule has 0 unspecified atom stereocenters. The van der Waals surface area contributed by atoms with Crippen molar-refractivity contribution in [2.24, 2.45) is 0 Å². The van der Waals surface area contributed by atoms with Gasteiger partial charge in [-0.1, -0.05) is 6.07 Å². The third kappa shape index (κ3) is 6.84. The van der Waals surface area contributed by atoms with Crippen LogP contribution < -0.4 is 20.1 Å². The third-order valence-electron chi connectivity index (χ3n) is 3.36. The van der Waals surface area contributed by atoms with E-state index >= 15 is 0 Å². The van der Waals surface area contributed by atoms with Crippen LogP contribution in [0.2, 0.25) is 0 Å². The van der Waals surface area contributed by atoms with Crippen LogP contribution in [0.15, 0.2) is 41.8 Å². The highest BCUT2D eigenvalue weighted by atomic mass is 32.1. The van der Waals surface area contributed by atoms with E-state index in [1.54, 1.807) is 13.2 Å². The van der Waals surface area contributed by atoms with Crippen molar-refractivity contribution in [3.05, 3.63) is 46.7 Å². The minimum atomic E-state index is -0.0942. The number of hydrogen-bond donors (Lipinski definition) is 2. The van der Waals surface area contributed by atoms with Crippen molar-refractivity contribution < 1.29 is 19.1 Å². The van der Waals surface area contributed by atoms with Gasteiger partial charge in [0.15, 0.2) is 0 Å². The number of amides is 2. The fraction of sp³-hybridized carbons (Fsp3) is 0.333. The summed E-state index contributed by atoms with van der Waals surface area (Å²) in [7, 11) is 1.61. The SMILES string of the molecule is COc1ccc(OCCNC(=O)CCCNC(=O)c2cccs2)cc1. The Morgan fingerprint density at radius 2 is 1.80 bits per heavy atom. The molecule has 2 aromatic rings. The van der Waals surface area contributed by atoms with Crippen LogP contribution in [0, 0.1) is 0 Å². The van der Waals surface area contributed by atoms with Gasteiger partial charge in [0.25, 0.3) is 5.91 Å². The van der Waals surface area contributed by atoms with Crippen molar-refractivity contribution in [2.45, 2.75) is 12.8 Å². The smallest absolute Gasteiger partial charge is 0.261 e. The fourth-order valence-corrected chi connectivity index (χ4v) is 2.71. The topological polar surface area (TPSA) is 76.7 Å². The van der Waals surface area contributed by atoms with Gasteiger partial charge < -0.3 is 20.1 Å². The Hall–Kier alpha value is -2.54. The Morgan fingerprint density at radius 3 is 2.48 bits per heavy atom. The van der Waals surface area contributed by atoms with Crippen LogP contribution in [-0.4, -0.2) is 38.6 Å². The molecule has 2 N–H and O–H groups in total. The van der Waals surface area contributed by atoms with Crippen LogP contribution in [-0.2, 0) is 4.79 Å². The minimum absolute atomic E-state index is 0.0521. The van der Waals surface area contributed by atoms with Gasteiger partial charge in [0.05, 0.1) is 18.5 Å². The molecule has 2 amide bonds. The predicted octanol–water partition coefficient (Wildman–Crippen LogP) is 2.46. The molecule has 7 heteroatoms. The lowest BCUT2D eigenvalue weighted by Crippen LogP contribution is -2.29. The number of ether oxygens (including phenoxy) is 2. The molecular weight excluding hydrogens is 340 g/mol. The van der Waals surface area contributed by atoms with Crippen LogP contribution in [0.4, 0.5) is 0 Å². The first-order valence-electron chi connectivity index (χ1n) is 8.04. The molecule has 25 heavy (non-hydrogen) atoms. The lowest BCUT2D eigenvalue weighted by molar-refractivity contribution is -0.121. The molecule has 0 radical (unpaired) electrons. The van der Waals surface area contributed by atoms with Crippen LogP contribution in [0.1, 0.15) is 22.5 Å². The average Bonchev–Trinajstić information content (AvgIpc) is 3.17. The third-order valence-corrected chi connectivity index (χ3v) is 4.23. The van der Waals surface area contributed by atoms with Crippen molar-refractivity contribution in [1.29, 1.82) is 0 Å². The highest BCUT2D eigenvalue weighted by Gasteiger charge is 2.06. The van der Waals surface area contributed by atoms with Crippen LogP contribution in [0.25, 0.3) is 0 Å². The van der Waals surface area contributed by atoms with E-state index in [0.29, 0.717) is 37.4 Å². The van der Waals surface area contributed by atoms with Gasteiger partial charge in [0, 0.05) is 13.0 Å². The molecule has 134 valence electrons. The maximum Gasteiger partial charge on any atom is 0.261 e. The second-order valence-corrected chi connectivity index (χ2v) is 6.16. The zero-order valence-corrected chi connectivity index (χ0v) is 14.9. The molecule has 0 aliphatic rings. The van der Waals surface area contributed by atoms with Crippen LogP contribution >= 0.6 is 11.3 Å². The van der Waals surface area contributed by atoms with Gasteiger partial charge >= 0.3 is 0 Å². The first-order valence-corrected chi connectivity index (χ1v) is 8.92. The first kappa shape index (κ1) is 18.8. The number of carbonyl (C=O) groups excluding carboxylic acids is 2. The van der Waals surface area contributed by atoms with Gasteiger partial charge in [-0.2, -0.15) is 0 Å². The average molecular weight is 362 g/mol. The Morgan fingerprint density at radius 1 is 1.04 bits per heavy atom. The summed E-state index contributed by atoms with van der Waals surface area (Å²) in [6.07, 6.45) is 0.968. The maximum absolute atomic E-state index is 11.7. The molecule has 0 aliphatic carbocycles. The quantitative estimate of drug-likeness (QED) is 0.637. The van der Waals surface area contributed by atoms with Crippen molar-refractivity contribution >= 4 is 23.2 Å². The van der Waals surface area contributed by atoms with E-state index in [9.17, 15) is 9.59 Å². The van der Waals surface area contributed by atoms with Gasteiger partial charge in [-0.25, -0.2) is 0 Å². The van der Waals surface area contributed by atoms with E-state index in [4.69, 9.17) is 9.47 Å². The van der Waals surface area contributed by atoms with Gasteiger partial charge in [0.2, 0.25) is 5.91 Å². The summed E-state index contributed by atoms with van der Waals surface area (Å²) in [5.74, 6) is 1.35. The summed E-state index contributed by atoms with van der Waals surface area (Å²) >= 11 is 1.40. The summed E-state index contributed by atoms with van der Waals surface area (Å²) in [5, 5.41) is 7.44. The number of methoxy groups -OCH3 is 1. The molecule has 0 atom stereocenters. The molecule has 1 aromatic heterocycles. The lowest BCUT2D eigenvalue weighted by atomic mass is 10.3. The van der Waals surface area contributed by atoms with Gasteiger partial charge in [-0.15, -0.1) is 11.3 Å². The number of benzene rings is 1. The first-order chi connectivity index (χ1) is 12.2. The molecule has 1 heterocycles. The number of hydrogen-bond acceptors (Lipinski definition) is 5. The second-order valence-electron chi connectivity index (χ2n) is 5.21. The predicted molar refractivity (Wildman–Crippen MR) is 97.4 cm³/mol.